The number of aromatic nitrogens is 1. The minimum Gasteiger partial charge on any atom is -0.228 e. The molecule has 0 radical (unpaired) electrons. The van der Waals surface area contributed by atoms with Crippen molar-refractivity contribution in [1.29, 1.82) is 0 Å². The van der Waals surface area contributed by atoms with Crippen LogP contribution in [-0.2, 0) is 9.05 Å². The summed E-state index contributed by atoms with van der Waals surface area (Å²) in [5.41, 5.74) is -0.380. The van der Waals surface area contributed by atoms with Gasteiger partial charge in [-0.05, 0) is 51.2 Å². The smallest absolute Gasteiger partial charge is 0.228 e. The molecule has 0 aliphatic heterocycles. The van der Waals surface area contributed by atoms with Gasteiger partial charge in [-0.15, -0.1) is 0 Å². The Balaban J connectivity index is 3.50. The van der Waals surface area contributed by atoms with Crippen molar-refractivity contribution in [2.24, 2.45) is 0 Å². The summed E-state index contributed by atoms with van der Waals surface area (Å²) in [7, 11) is 0.940. The van der Waals surface area contributed by atoms with Crippen LogP contribution in [-0.4, -0.2) is 13.4 Å². The van der Waals surface area contributed by atoms with Gasteiger partial charge in [0.1, 0.15) is 3.70 Å². The second-order valence-corrected chi connectivity index (χ2v) is 7.01. The van der Waals surface area contributed by atoms with Crippen molar-refractivity contribution in [2.75, 3.05) is 0 Å². The molecule has 0 aliphatic rings. The number of pyridine rings is 1. The first-order chi connectivity index (χ1) is 6.73. The molecule has 0 saturated carbocycles. The zero-order valence-corrected chi connectivity index (χ0v) is 12.6. The fourth-order valence-electron chi connectivity index (χ4n) is 0.777. The third-order valence-corrected chi connectivity index (χ3v) is 5.54. The Morgan fingerprint density at radius 3 is 2.33 bits per heavy atom. The SMILES string of the molecule is O=S(=O)(Cl)c1cc(C(F)F)c(I)c(I)n1. The topological polar surface area (TPSA) is 47.0 Å². The van der Waals surface area contributed by atoms with Gasteiger partial charge in [0.25, 0.3) is 15.5 Å². The molecule has 84 valence electrons. The highest BCUT2D eigenvalue weighted by molar-refractivity contribution is 14.1. The Bertz CT molecular complexity index is 494. The Kier molecular flexibility index (Phi) is 4.52. The Hall–Kier alpha value is 0.710. The highest BCUT2D eigenvalue weighted by Crippen LogP contribution is 2.29. The largest absolute Gasteiger partial charge is 0.278 e. The molecule has 1 rings (SSSR count). The van der Waals surface area contributed by atoms with E-state index in [9.17, 15) is 17.2 Å². The summed E-state index contributed by atoms with van der Waals surface area (Å²) in [6, 6.07) is 0.789. The van der Waals surface area contributed by atoms with Crippen LogP contribution in [0, 0.1) is 7.27 Å². The molecule has 0 unspecified atom stereocenters. The zero-order chi connectivity index (χ0) is 11.8. The monoisotopic (exact) mass is 479 g/mol. The van der Waals surface area contributed by atoms with E-state index in [-0.39, 0.29) is 12.8 Å². The Labute approximate surface area is 116 Å². The number of halogens is 5. The van der Waals surface area contributed by atoms with Gasteiger partial charge in [0.2, 0.25) is 0 Å². The quantitative estimate of drug-likeness (QED) is 0.372. The van der Waals surface area contributed by atoms with Gasteiger partial charge >= 0.3 is 0 Å². The lowest BCUT2D eigenvalue weighted by atomic mass is 10.3. The van der Waals surface area contributed by atoms with Gasteiger partial charge in [-0.2, -0.15) is 0 Å². The predicted octanol–water partition coefficient (Wildman–Crippen LogP) is 3.16. The third-order valence-electron chi connectivity index (χ3n) is 1.41. The number of rotatable bonds is 2. The second-order valence-electron chi connectivity index (χ2n) is 2.39. The third kappa shape index (κ3) is 3.33. The van der Waals surface area contributed by atoms with Crippen molar-refractivity contribution in [3.05, 3.63) is 18.9 Å². The first-order valence-corrected chi connectivity index (χ1v) is 7.79. The average molecular weight is 479 g/mol. The van der Waals surface area contributed by atoms with Crippen LogP contribution in [0.1, 0.15) is 12.0 Å². The summed E-state index contributed by atoms with van der Waals surface area (Å²) < 4.78 is 47.3. The molecule has 9 heteroatoms. The normalized spacial score (nSPS) is 12.1. The van der Waals surface area contributed by atoms with Crippen LogP contribution >= 0.6 is 55.9 Å². The summed E-state index contributed by atoms with van der Waals surface area (Å²) >= 11 is 3.35. The highest BCUT2D eigenvalue weighted by atomic mass is 127. The van der Waals surface area contributed by atoms with Crippen molar-refractivity contribution >= 4 is 64.9 Å². The van der Waals surface area contributed by atoms with Crippen molar-refractivity contribution in [2.45, 2.75) is 11.5 Å². The number of alkyl halides is 2. The molecule has 0 spiro atoms. The van der Waals surface area contributed by atoms with E-state index in [4.69, 9.17) is 10.7 Å². The highest BCUT2D eigenvalue weighted by Gasteiger charge is 2.21. The molecule has 15 heavy (non-hydrogen) atoms. The van der Waals surface area contributed by atoms with Crippen LogP contribution in [0.25, 0.3) is 0 Å². The predicted molar refractivity (Wildman–Crippen MR) is 67.7 cm³/mol. The van der Waals surface area contributed by atoms with E-state index < -0.39 is 20.5 Å². The minimum absolute atomic E-state index is 0.185. The van der Waals surface area contributed by atoms with E-state index in [2.05, 4.69) is 4.98 Å². The van der Waals surface area contributed by atoms with E-state index >= 15 is 0 Å². The van der Waals surface area contributed by atoms with E-state index in [1.165, 1.54) is 0 Å². The van der Waals surface area contributed by atoms with Crippen LogP contribution in [0.2, 0.25) is 0 Å². The van der Waals surface area contributed by atoms with Gasteiger partial charge in [-0.3, -0.25) is 0 Å². The maximum absolute atomic E-state index is 12.5. The molecule has 1 aromatic rings. The maximum atomic E-state index is 12.5. The van der Waals surface area contributed by atoms with E-state index in [0.29, 0.717) is 0 Å². The average Bonchev–Trinajstić information content (AvgIpc) is 2.06. The summed E-state index contributed by atoms with van der Waals surface area (Å²) in [6.07, 6.45) is -2.76. The van der Waals surface area contributed by atoms with E-state index in [0.717, 1.165) is 6.07 Å². The van der Waals surface area contributed by atoms with Crippen LogP contribution < -0.4 is 0 Å². The molecular formula is C6H2ClF2I2NO2S. The lowest BCUT2D eigenvalue weighted by molar-refractivity contribution is 0.150. The molecule has 0 N–H and O–H groups in total. The van der Waals surface area contributed by atoms with Crippen LogP contribution in [0.5, 0.6) is 0 Å². The van der Waals surface area contributed by atoms with Gasteiger partial charge < -0.3 is 0 Å². The fraction of sp³-hybridized carbons (Fsp3) is 0.167. The number of hydrogen-bond donors (Lipinski definition) is 0. The number of nitrogens with zero attached hydrogens (tertiary/aromatic N) is 1. The van der Waals surface area contributed by atoms with Gasteiger partial charge in [0.15, 0.2) is 5.03 Å². The lowest BCUT2D eigenvalue weighted by Gasteiger charge is -2.06. The van der Waals surface area contributed by atoms with Crippen molar-refractivity contribution in [3.8, 4) is 0 Å². The molecule has 0 fully saturated rings. The molecular weight excluding hydrogens is 477 g/mol. The Morgan fingerprint density at radius 1 is 1.40 bits per heavy atom. The molecule has 1 aromatic heterocycles. The van der Waals surface area contributed by atoms with Crippen LogP contribution in [0.3, 0.4) is 0 Å². The summed E-state index contributed by atoms with van der Waals surface area (Å²) in [5.74, 6) is 0. The minimum atomic E-state index is -4.08. The van der Waals surface area contributed by atoms with E-state index in [1.54, 1.807) is 45.2 Å². The maximum Gasteiger partial charge on any atom is 0.278 e. The molecule has 0 bridgehead atoms. The van der Waals surface area contributed by atoms with Crippen molar-refractivity contribution in [3.63, 3.8) is 0 Å². The lowest BCUT2D eigenvalue weighted by Crippen LogP contribution is -2.03. The first kappa shape index (κ1) is 13.8. The van der Waals surface area contributed by atoms with Crippen molar-refractivity contribution < 1.29 is 17.2 Å². The summed E-state index contributed by atoms with van der Waals surface area (Å²) in [5, 5.41) is -0.552. The molecule has 1 heterocycles. The molecule has 0 aromatic carbocycles. The van der Waals surface area contributed by atoms with Gasteiger partial charge in [0, 0.05) is 16.2 Å². The van der Waals surface area contributed by atoms with Crippen LogP contribution in [0.4, 0.5) is 8.78 Å². The van der Waals surface area contributed by atoms with Crippen molar-refractivity contribution in [1.82, 2.24) is 4.98 Å². The molecule has 3 nitrogen and oxygen atoms in total. The van der Waals surface area contributed by atoms with E-state index in [1.807, 2.05) is 0 Å². The van der Waals surface area contributed by atoms with Gasteiger partial charge in [-0.1, -0.05) is 0 Å². The molecule has 0 atom stereocenters. The van der Waals surface area contributed by atoms with Crippen LogP contribution in [0.15, 0.2) is 11.1 Å². The summed E-state index contributed by atoms with van der Waals surface area (Å²) in [6.45, 7) is 0. The second kappa shape index (κ2) is 4.92. The first-order valence-electron chi connectivity index (χ1n) is 3.32. The van der Waals surface area contributed by atoms with Gasteiger partial charge in [-0.25, -0.2) is 22.2 Å². The number of hydrogen-bond acceptors (Lipinski definition) is 3. The molecule has 0 aliphatic carbocycles. The standard InChI is InChI=1S/C6H2ClF2I2NO2S/c7-15(13,14)3-1-2(5(8)9)4(10)6(11)12-3/h1,5H. The van der Waals surface area contributed by atoms with Gasteiger partial charge in [0.05, 0.1) is 3.57 Å². The summed E-state index contributed by atoms with van der Waals surface area (Å²) in [4.78, 5) is 3.61. The zero-order valence-electron chi connectivity index (χ0n) is 6.72. The fourth-order valence-corrected chi connectivity index (χ4v) is 2.73. The molecule has 0 amide bonds. The molecule has 0 saturated heterocycles. The Morgan fingerprint density at radius 2 is 1.93 bits per heavy atom.